The maximum Gasteiger partial charge on any atom is 0.224 e. The predicted octanol–water partition coefficient (Wildman–Crippen LogP) is 5.19. The van der Waals surface area contributed by atoms with Gasteiger partial charge in [-0.15, -0.1) is 0 Å². The number of anilines is 1. The van der Waals surface area contributed by atoms with E-state index < -0.39 is 0 Å². The van der Waals surface area contributed by atoms with Crippen LogP contribution in [0.1, 0.15) is 31.9 Å². The number of aryl methyl sites for hydroxylation is 1. The second-order valence-corrected chi connectivity index (χ2v) is 8.99. The molecule has 5 aromatic heterocycles. The Kier molecular flexibility index (Phi) is 5.68. The minimum atomic E-state index is -0.00188. The van der Waals surface area contributed by atoms with Crippen LogP contribution in [-0.4, -0.2) is 45.6 Å². The van der Waals surface area contributed by atoms with Crippen molar-refractivity contribution in [2.45, 2.75) is 33.1 Å². The van der Waals surface area contributed by atoms with Gasteiger partial charge >= 0.3 is 0 Å². The molecule has 0 bridgehead atoms. The predicted molar refractivity (Wildman–Crippen MR) is 142 cm³/mol. The van der Waals surface area contributed by atoms with Gasteiger partial charge in [-0.1, -0.05) is 19.4 Å². The molecule has 0 aliphatic heterocycles. The molecule has 5 heterocycles. The number of H-pyrrole nitrogens is 2. The van der Waals surface area contributed by atoms with Crippen LogP contribution in [0.15, 0.2) is 61.4 Å². The van der Waals surface area contributed by atoms with Crippen molar-refractivity contribution in [2.24, 2.45) is 0 Å². The normalized spacial score (nSPS) is 11.4. The zero-order valence-electron chi connectivity index (χ0n) is 20.5. The number of carbonyl (C=O) groups excluding carboxylic acids is 1. The van der Waals surface area contributed by atoms with E-state index in [4.69, 9.17) is 4.98 Å². The largest absolute Gasteiger partial charge is 0.336 e. The molecule has 10 heteroatoms. The second kappa shape index (κ2) is 9.30. The highest BCUT2D eigenvalue weighted by atomic mass is 16.1. The Morgan fingerprint density at radius 1 is 1.08 bits per heavy atom. The van der Waals surface area contributed by atoms with E-state index in [9.17, 15) is 4.79 Å². The number of fused-ring (bicyclic) bond motifs is 2. The van der Waals surface area contributed by atoms with Crippen molar-refractivity contribution in [1.29, 1.82) is 0 Å². The molecular formula is C27H25N9O. The molecule has 0 spiro atoms. The highest BCUT2D eigenvalue weighted by Crippen LogP contribution is 2.31. The van der Waals surface area contributed by atoms with Crippen molar-refractivity contribution in [3.63, 3.8) is 0 Å². The Balaban J connectivity index is 1.37. The van der Waals surface area contributed by atoms with Crippen LogP contribution in [-0.2, 0) is 4.79 Å². The van der Waals surface area contributed by atoms with E-state index in [0.717, 1.165) is 51.6 Å². The van der Waals surface area contributed by atoms with Gasteiger partial charge in [-0.3, -0.25) is 19.4 Å². The second-order valence-electron chi connectivity index (χ2n) is 8.99. The third-order valence-electron chi connectivity index (χ3n) is 6.24. The number of nitrogens with zero attached hydrogens (tertiary/aromatic N) is 6. The Morgan fingerprint density at radius 3 is 2.84 bits per heavy atom. The highest BCUT2D eigenvalue weighted by Gasteiger charge is 2.17. The van der Waals surface area contributed by atoms with Gasteiger partial charge in [0.25, 0.3) is 0 Å². The van der Waals surface area contributed by atoms with Crippen molar-refractivity contribution in [3.8, 4) is 28.5 Å². The molecule has 0 radical (unpaired) electrons. The van der Waals surface area contributed by atoms with E-state index in [1.165, 1.54) is 0 Å². The minimum Gasteiger partial charge on any atom is -0.336 e. The van der Waals surface area contributed by atoms with Crippen molar-refractivity contribution < 1.29 is 4.79 Å². The Labute approximate surface area is 212 Å². The maximum absolute atomic E-state index is 12.2. The summed E-state index contributed by atoms with van der Waals surface area (Å²) in [5.74, 6) is 1.34. The zero-order valence-corrected chi connectivity index (χ0v) is 20.5. The highest BCUT2D eigenvalue weighted by molar-refractivity contribution is 5.97. The summed E-state index contributed by atoms with van der Waals surface area (Å²) in [6.07, 6.45) is 11.2. The van der Waals surface area contributed by atoms with Gasteiger partial charge in [0.1, 0.15) is 17.5 Å². The van der Waals surface area contributed by atoms with Gasteiger partial charge < -0.3 is 10.3 Å². The summed E-state index contributed by atoms with van der Waals surface area (Å²) < 4.78 is 1.87. The number of rotatable bonds is 7. The molecule has 3 N–H and O–H groups in total. The van der Waals surface area contributed by atoms with Crippen molar-refractivity contribution >= 4 is 33.5 Å². The molecule has 1 amide bonds. The summed E-state index contributed by atoms with van der Waals surface area (Å²) in [6, 6.07) is 9.87. The molecular weight excluding hydrogens is 466 g/mol. The van der Waals surface area contributed by atoms with Crippen LogP contribution in [0.4, 0.5) is 5.69 Å². The number of amides is 1. The topological polar surface area (TPSA) is 130 Å². The lowest BCUT2D eigenvalue weighted by Gasteiger charge is -2.07. The van der Waals surface area contributed by atoms with Gasteiger partial charge in [0.15, 0.2) is 11.6 Å². The molecule has 0 saturated heterocycles. The molecule has 0 atom stereocenters. The summed E-state index contributed by atoms with van der Waals surface area (Å²) in [4.78, 5) is 33.6. The number of hydrogen-bond donors (Lipinski definition) is 3. The van der Waals surface area contributed by atoms with Crippen LogP contribution in [0.25, 0.3) is 50.4 Å². The van der Waals surface area contributed by atoms with Gasteiger partial charge in [0.05, 0.1) is 28.6 Å². The lowest BCUT2D eigenvalue weighted by molar-refractivity contribution is -0.116. The third-order valence-corrected chi connectivity index (χ3v) is 6.24. The fourth-order valence-corrected chi connectivity index (χ4v) is 4.36. The van der Waals surface area contributed by atoms with Gasteiger partial charge in [-0.2, -0.15) is 5.10 Å². The number of aromatic nitrogens is 8. The molecule has 0 aliphatic carbocycles. The van der Waals surface area contributed by atoms with Crippen LogP contribution < -0.4 is 5.32 Å². The van der Waals surface area contributed by atoms with E-state index in [-0.39, 0.29) is 5.91 Å². The summed E-state index contributed by atoms with van der Waals surface area (Å²) in [5, 5.41) is 11.5. The molecule has 37 heavy (non-hydrogen) atoms. The first-order valence-electron chi connectivity index (χ1n) is 12.2. The third kappa shape index (κ3) is 4.33. The molecule has 0 aliphatic rings. The molecule has 184 valence electrons. The molecule has 0 unspecified atom stereocenters. The molecule has 10 nitrogen and oxygen atoms in total. The first kappa shape index (κ1) is 22.6. The fourth-order valence-electron chi connectivity index (χ4n) is 4.36. The quantitative estimate of drug-likeness (QED) is 0.282. The number of aromatic amines is 2. The summed E-state index contributed by atoms with van der Waals surface area (Å²) >= 11 is 0. The smallest absolute Gasteiger partial charge is 0.224 e. The van der Waals surface area contributed by atoms with E-state index in [1.807, 2.05) is 42.0 Å². The first-order valence-corrected chi connectivity index (χ1v) is 12.2. The van der Waals surface area contributed by atoms with Crippen LogP contribution in [0.2, 0.25) is 0 Å². The van der Waals surface area contributed by atoms with Gasteiger partial charge in [-0.05, 0) is 43.2 Å². The van der Waals surface area contributed by atoms with Crippen LogP contribution in [0.3, 0.4) is 0 Å². The minimum absolute atomic E-state index is 0.00188. The van der Waals surface area contributed by atoms with E-state index in [1.54, 1.807) is 24.9 Å². The van der Waals surface area contributed by atoms with E-state index >= 15 is 0 Å². The number of nitrogens with one attached hydrogen (secondary N) is 3. The summed E-state index contributed by atoms with van der Waals surface area (Å²) in [5.41, 5.74) is 6.62. The van der Waals surface area contributed by atoms with Gasteiger partial charge in [0.2, 0.25) is 5.91 Å². The standard InChI is InChI=1S/C27H25N9O/c1-3-4-5-23(37)31-19-10-18(12-28-13-19)17-6-7-21-20(11-17)24(35-34-21)26-32-22-8-9-29-27(25(22)33-26)36-14-16(2)30-15-36/h6-15H,3-5H2,1-2H3,(H,31,37)(H,32,33)(H,34,35). The summed E-state index contributed by atoms with van der Waals surface area (Å²) in [7, 11) is 0. The molecule has 0 saturated carbocycles. The Bertz CT molecular complexity index is 1740. The van der Waals surface area contributed by atoms with Gasteiger partial charge in [0, 0.05) is 36.0 Å². The number of hydrogen-bond acceptors (Lipinski definition) is 6. The summed E-state index contributed by atoms with van der Waals surface area (Å²) in [6.45, 7) is 4.00. The number of benzene rings is 1. The number of imidazole rings is 2. The lowest BCUT2D eigenvalue weighted by atomic mass is 10.0. The van der Waals surface area contributed by atoms with Crippen molar-refractivity contribution in [3.05, 3.63) is 67.1 Å². The first-order chi connectivity index (χ1) is 18.1. The van der Waals surface area contributed by atoms with Gasteiger partial charge in [-0.25, -0.2) is 15.0 Å². The van der Waals surface area contributed by atoms with Crippen LogP contribution in [0.5, 0.6) is 0 Å². The monoisotopic (exact) mass is 491 g/mol. The fraction of sp³-hybridized carbons (Fsp3) is 0.185. The molecule has 1 aromatic carbocycles. The Hall–Kier alpha value is -4.86. The van der Waals surface area contributed by atoms with Crippen molar-refractivity contribution in [2.75, 3.05) is 5.32 Å². The Morgan fingerprint density at radius 2 is 2.00 bits per heavy atom. The average molecular weight is 492 g/mol. The maximum atomic E-state index is 12.2. The number of unbranched alkanes of at least 4 members (excludes halogenated alkanes) is 1. The van der Waals surface area contributed by atoms with Crippen LogP contribution >= 0.6 is 0 Å². The average Bonchev–Trinajstić information content (AvgIpc) is 3.64. The van der Waals surface area contributed by atoms with Crippen LogP contribution in [0, 0.1) is 6.92 Å². The molecule has 6 rings (SSSR count). The SMILES string of the molecule is CCCCC(=O)Nc1cncc(-c2ccc3[nH]nc(-c4nc5c(-n6cnc(C)c6)nccc5[nH]4)c3c2)c1. The van der Waals surface area contributed by atoms with E-state index in [2.05, 4.69) is 48.4 Å². The van der Waals surface area contributed by atoms with E-state index in [0.29, 0.717) is 29.4 Å². The molecule has 6 aromatic rings. The number of carbonyl (C=O) groups is 1. The number of pyridine rings is 2. The van der Waals surface area contributed by atoms with Crippen molar-refractivity contribution in [1.82, 2.24) is 39.7 Å². The zero-order chi connectivity index (χ0) is 25.4. The molecule has 0 fully saturated rings. The lowest BCUT2D eigenvalue weighted by Crippen LogP contribution is -2.11.